The van der Waals surface area contributed by atoms with Crippen molar-refractivity contribution < 1.29 is 13.9 Å². The second-order valence-electron chi connectivity index (χ2n) is 4.12. The van der Waals surface area contributed by atoms with E-state index in [0.717, 1.165) is 0 Å². The number of benzene rings is 1. The lowest BCUT2D eigenvalue weighted by Gasteiger charge is -2.09. The molecule has 1 aromatic carbocycles. The molecule has 0 aliphatic heterocycles. The third-order valence-corrected chi connectivity index (χ3v) is 4.18. The fourth-order valence-electron chi connectivity index (χ4n) is 1.66. The molecule has 0 bridgehead atoms. The number of ether oxygens (including phenoxy) is 1. The highest BCUT2D eigenvalue weighted by atomic mass is 35.5. The Morgan fingerprint density at radius 1 is 1.38 bits per heavy atom. The number of aromatic nitrogens is 2. The number of carbonyl (C=O) groups is 1. The maximum atomic E-state index is 11.8. The largest absolute Gasteiger partial charge is 0.465 e. The first-order chi connectivity index (χ1) is 10.2. The third-order valence-electron chi connectivity index (χ3n) is 2.67. The van der Waals surface area contributed by atoms with Crippen LogP contribution in [0, 0.1) is 0 Å². The van der Waals surface area contributed by atoms with Crippen molar-refractivity contribution >= 4 is 29.3 Å². The van der Waals surface area contributed by atoms with Crippen LogP contribution in [0.1, 0.15) is 20.3 Å². The Morgan fingerprint density at radius 2 is 2.14 bits per heavy atom. The van der Waals surface area contributed by atoms with Gasteiger partial charge < -0.3 is 9.15 Å². The Morgan fingerprint density at radius 3 is 2.81 bits per heavy atom. The van der Waals surface area contributed by atoms with E-state index in [9.17, 15) is 4.79 Å². The van der Waals surface area contributed by atoms with Gasteiger partial charge in [-0.3, -0.25) is 4.79 Å². The van der Waals surface area contributed by atoms with Gasteiger partial charge in [-0.2, -0.15) is 0 Å². The van der Waals surface area contributed by atoms with E-state index in [0.29, 0.717) is 34.7 Å². The number of nitrogens with zero attached hydrogens (tertiary/aromatic N) is 2. The predicted octanol–water partition coefficient (Wildman–Crippen LogP) is 3.82. The predicted molar refractivity (Wildman–Crippen MR) is 81.3 cm³/mol. The standard InChI is InChI=1S/C14H15ClN2O3S/c1-3-11(13(18)19-4-2)21-14-17-16-12(20-14)9-7-5-6-8-10(9)15/h5-8,11H,3-4H2,1-2H3/t11-/m0/s1. The lowest BCUT2D eigenvalue weighted by Crippen LogP contribution is -2.19. The molecule has 0 spiro atoms. The zero-order chi connectivity index (χ0) is 15.2. The van der Waals surface area contributed by atoms with Crippen LogP contribution in [0.5, 0.6) is 0 Å². The summed E-state index contributed by atoms with van der Waals surface area (Å²) < 4.78 is 10.6. The smallest absolute Gasteiger partial charge is 0.319 e. The quantitative estimate of drug-likeness (QED) is 0.594. The van der Waals surface area contributed by atoms with Crippen LogP contribution >= 0.6 is 23.4 Å². The van der Waals surface area contributed by atoms with Crippen molar-refractivity contribution in [3.05, 3.63) is 29.3 Å². The summed E-state index contributed by atoms with van der Waals surface area (Å²) in [5.74, 6) is 0.0595. The zero-order valence-electron chi connectivity index (χ0n) is 11.7. The first-order valence-corrected chi connectivity index (χ1v) is 7.83. The van der Waals surface area contributed by atoms with Gasteiger partial charge in [0.15, 0.2) is 0 Å². The lowest BCUT2D eigenvalue weighted by molar-refractivity contribution is -0.142. The van der Waals surface area contributed by atoms with E-state index in [-0.39, 0.29) is 11.2 Å². The highest BCUT2D eigenvalue weighted by Gasteiger charge is 2.22. The monoisotopic (exact) mass is 326 g/mol. The fourth-order valence-corrected chi connectivity index (χ4v) is 2.66. The average Bonchev–Trinajstić information content (AvgIpc) is 2.93. The number of halogens is 1. The Balaban J connectivity index is 2.13. The number of thioether (sulfide) groups is 1. The second kappa shape index (κ2) is 7.47. The van der Waals surface area contributed by atoms with E-state index in [4.69, 9.17) is 20.8 Å². The van der Waals surface area contributed by atoms with Gasteiger partial charge in [-0.05, 0) is 25.5 Å². The van der Waals surface area contributed by atoms with Gasteiger partial charge in [0.05, 0.1) is 17.2 Å². The first-order valence-electron chi connectivity index (χ1n) is 6.57. The molecule has 2 aromatic rings. The van der Waals surface area contributed by atoms with E-state index >= 15 is 0 Å². The van der Waals surface area contributed by atoms with E-state index in [1.807, 2.05) is 19.1 Å². The molecule has 0 fully saturated rings. The van der Waals surface area contributed by atoms with Crippen LogP contribution in [0.3, 0.4) is 0 Å². The molecule has 1 aromatic heterocycles. The summed E-state index contributed by atoms with van der Waals surface area (Å²) in [4.78, 5) is 11.8. The number of hydrogen-bond acceptors (Lipinski definition) is 6. The van der Waals surface area contributed by atoms with Gasteiger partial charge in [-0.25, -0.2) is 0 Å². The Bertz CT molecular complexity index is 618. The van der Waals surface area contributed by atoms with E-state index in [1.54, 1.807) is 19.1 Å². The van der Waals surface area contributed by atoms with Crippen molar-refractivity contribution in [3.63, 3.8) is 0 Å². The minimum Gasteiger partial charge on any atom is -0.465 e. The number of carbonyl (C=O) groups excluding carboxylic acids is 1. The molecule has 0 radical (unpaired) electrons. The normalized spacial score (nSPS) is 12.1. The summed E-state index contributed by atoms with van der Waals surface area (Å²) in [6.45, 7) is 4.03. The van der Waals surface area contributed by atoms with Crippen LogP contribution in [0.4, 0.5) is 0 Å². The van der Waals surface area contributed by atoms with Crippen LogP contribution in [-0.2, 0) is 9.53 Å². The second-order valence-corrected chi connectivity index (χ2v) is 5.68. The Labute approximate surface area is 132 Å². The molecular weight excluding hydrogens is 312 g/mol. The first kappa shape index (κ1) is 15.9. The lowest BCUT2D eigenvalue weighted by atomic mass is 10.2. The third kappa shape index (κ3) is 3.98. The molecule has 7 heteroatoms. The maximum absolute atomic E-state index is 11.8. The molecule has 1 atom stereocenters. The van der Waals surface area contributed by atoms with Gasteiger partial charge in [0.2, 0.25) is 5.89 Å². The number of esters is 1. The Hall–Kier alpha value is -1.53. The summed E-state index contributed by atoms with van der Waals surface area (Å²) >= 11 is 7.28. The van der Waals surface area contributed by atoms with E-state index in [1.165, 1.54) is 11.8 Å². The SMILES string of the molecule is CCOC(=O)[C@H](CC)Sc1nnc(-c2ccccc2Cl)o1. The van der Waals surface area contributed by atoms with Gasteiger partial charge in [-0.1, -0.05) is 42.4 Å². The molecule has 5 nitrogen and oxygen atoms in total. The van der Waals surface area contributed by atoms with Gasteiger partial charge >= 0.3 is 5.97 Å². The highest BCUT2D eigenvalue weighted by Crippen LogP contribution is 2.31. The summed E-state index contributed by atoms with van der Waals surface area (Å²) in [5, 5.41) is 8.41. The minimum absolute atomic E-state index is 0.275. The highest BCUT2D eigenvalue weighted by molar-refractivity contribution is 8.00. The van der Waals surface area contributed by atoms with Crippen LogP contribution in [-0.4, -0.2) is 28.0 Å². The summed E-state index contributed by atoms with van der Waals surface area (Å²) in [5.41, 5.74) is 0.669. The summed E-state index contributed by atoms with van der Waals surface area (Å²) in [6.07, 6.45) is 0.618. The molecule has 0 aliphatic carbocycles. The van der Waals surface area contributed by atoms with Crippen molar-refractivity contribution in [2.75, 3.05) is 6.61 Å². The van der Waals surface area contributed by atoms with E-state index in [2.05, 4.69) is 10.2 Å². The molecular formula is C14H15ClN2O3S. The van der Waals surface area contributed by atoms with Crippen molar-refractivity contribution in [2.24, 2.45) is 0 Å². The molecule has 21 heavy (non-hydrogen) atoms. The van der Waals surface area contributed by atoms with Gasteiger partial charge in [0.1, 0.15) is 5.25 Å². The number of hydrogen-bond donors (Lipinski definition) is 0. The minimum atomic E-state index is -0.357. The Kier molecular flexibility index (Phi) is 5.64. The zero-order valence-corrected chi connectivity index (χ0v) is 13.3. The van der Waals surface area contributed by atoms with Gasteiger partial charge in [0, 0.05) is 0 Å². The fraction of sp³-hybridized carbons (Fsp3) is 0.357. The molecule has 0 saturated carbocycles. The topological polar surface area (TPSA) is 65.2 Å². The molecule has 1 heterocycles. The van der Waals surface area contributed by atoms with Crippen molar-refractivity contribution in [2.45, 2.75) is 30.7 Å². The molecule has 0 unspecified atom stereocenters. The molecule has 0 saturated heterocycles. The molecule has 0 aliphatic rings. The average molecular weight is 327 g/mol. The van der Waals surface area contributed by atoms with Crippen LogP contribution < -0.4 is 0 Å². The van der Waals surface area contributed by atoms with Crippen molar-refractivity contribution in [1.29, 1.82) is 0 Å². The number of rotatable bonds is 6. The van der Waals surface area contributed by atoms with Crippen LogP contribution in [0.25, 0.3) is 11.5 Å². The summed E-state index contributed by atoms with van der Waals surface area (Å²) in [6, 6.07) is 7.21. The van der Waals surface area contributed by atoms with E-state index < -0.39 is 0 Å². The molecule has 0 amide bonds. The molecule has 0 N–H and O–H groups in total. The van der Waals surface area contributed by atoms with Gasteiger partial charge in [0.25, 0.3) is 5.22 Å². The van der Waals surface area contributed by atoms with Crippen molar-refractivity contribution in [3.8, 4) is 11.5 Å². The molecule has 112 valence electrons. The maximum Gasteiger partial charge on any atom is 0.319 e. The van der Waals surface area contributed by atoms with Crippen molar-refractivity contribution in [1.82, 2.24) is 10.2 Å². The van der Waals surface area contributed by atoms with Crippen LogP contribution in [0.2, 0.25) is 5.02 Å². The summed E-state index contributed by atoms with van der Waals surface area (Å²) in [7, 11) is 0. The van der Waals surface area contributed by atoms with Crippen LogP contribution in [0.15, 0.2) is 33.9 Å². The molecule has 2 rings (SSSR count). The van der Waals surface area contributed by atoms with Gasteiger partial charge in [-0.15, -0.1) is 10.2 Å².